The van der Waals surface area contributed by atoms with E-state index in [1.165, 1.54) is 29.8 Å². The molecular weight excluding hydrogens is 378 g/mol. The largest absolute Gasteiger partial charge is 0.349 e. The zero-order valence-corrected chi connectivity index (χ0v) is 17.4. The first-order chi connectivity index (χ1) is 13.3. The molecule has 1 aromatic rings. The summed E-state index contributed by atoms with van der Waals surface area (Å²) in [5.41, 5.74) is 0.470. The Morgan fingerprint density at radius 2 is 1.61 bits per heavy atom. The number of hydrogen-bond acceptors (Lipinski definition) is 4. The number of rotatable bonds is 4. The van der Waals surface area contributed by atoms with Crippen LogP contribution in [0.2, 0.25) is 0 Å². The number of carbonyl (C=O) groups is 2. The quantitative estimate of drug-likeness (QED) is 0.825. The van der Waals surface area contributed by atoms with Gasteiger partial charge < -0.3 is 10.2 Å². The first kappa shape index (κ1) is 20.8. The first-order valence-electron chi connectivity index (χ1n) is 9.95. The summed E-state index contributed by atoms with van der Waals surface area (Å²) in [5.74, 6) is 0.267. The van der Waals surface area contributed by atoms with Crippen LogP contribution in [0.3, 0.4) is 0 Å². The van der Waals surface area contributed by atoms with Crippen LogP contribution in [0, 0.1) is 5.92 Å². The summed E-state index contributed by atoms with van der Waals surface area (Å²) < 4.78 is 27.0. The van der Waals surface area contributed by atoms with Crippen molar-refractivity contribution in [1.82, 2.24) is 14.5 Å². The van der Waals surface area contributed by atoms with Gasteiger partial charge in [-0.25, -0.2) is 8.42 Å². The second-order valence-corrected chi connectivity index (χ2v) is 9.71. The van der Waals surface area contributed by atoms with Gasteiger partial charge in [0.05, 0.1) is 4.90 Å². The molecule has 7 nitrogen and oxygen atoms in total. The fraction of sp³-hybridized carbons (Fsp3) is 0.600. The van der Waals surface area contributed by atoms with E-state index in [4.69, 9.17) is 0 Å². The zero-order chi connectivity index (χ0) is 20.3. The summed E-state index contributed by atoms with van der Waals surface area (Å²) in [6.07, 6.45) is 4.45. The third kappa shape index (κ3) is 4.55. The van der Waals surface area contributed by atoms with Crippen molar-refractivity contribution >= 4 is 21.8 Å². The molecule has 1 aromatic carbocycles. The van der Waals surface area contributed by atoms with Gasteiger partial charge in [0.15, 0.2) is 0 Å². The molecule has 1 aliphatic carbocycles. The lowest BCUT2D eigenvalue weighted by Gasteiger charge is -2.33. The summed E-state index contributed by atoms with van der Waals surface area (Å²) >= 11 is 0. The van der Waals surface area contributed by atoms with E-state index in [0.29, 0.717) is 24.6 Å². The monoisotopic (exact) mass is 407 g/mol. The van der Waals surface area contributed by atoms with Gasteiger partial charge in [-0.15, -0.1) is 0 Å². The van der Waals surface area contributed by atoms with Crippen LogP contribution >= 0.6 is 0 Å². The molecule has 2 aliphatic rings. The number of nitrogens with one attached hydrogen (secondary N) is 1. The van der Waals surface area contributed by atoms with Gasteiger partial charge in [0, 0.05) is 44.7 Å². The molecular formula is C20H29N3O4S. The van der Waals surface area contributed by atoms with Crippen LogP contribution in [-0.4, -0.2) is 61.7 Å². The summed E-state index contributed by atoms with van der Waals surface area (Å²) in [5, 5.41) is 3.09. The highest BCUT2D eigenvalue weighted by Gasteiger charge is 2.29. The van der Waals surface area contributed by atoms with E-state index in [2.05, 4.69) is 12.2 Å². The Hall–Kier alpha value is -1.93. The fourth-order valence-electron chi connectivity index (χ4n) is 3.95. The van der Waals surface area contributed by atoms with Crippen molar-refractivity contribution in [3.8, 4) is 0 Å². The Bertz CT molecular complexity index is 814. The molecule has 0 spiro atoms. The van der Waals surface area contributed by atoms with Gasteiger partial charge in [-0.2, -0.15) is 4.31 Å². The maximum absolute atomic E-state index is 12.8. The molecule has 154 valence electrons. The normalized spacial score (nSPS) is 24.0. The molecule has 2 amide bonds. The Kier molecular flexibility index (Phi) is 6.40. The van der Waals surface area contributed by atoms with Crippen LogP contribution in [0.25, 0.3) is 0 Å². The molecule has 0 bridgehead atoms. The van der Waals surface area contributed by atoms with Crippen LogP contribution < -0.4 is 5.32 Å². The Balaban J connectivity index is 1.64. The molecule has 3 rings (SSSR count). The minimum atomic E-state index is -3.63. The van der Waals surface area contributed by atoms with Crippen LogP contribution in [0.1, 0.15) is 49.9 Å². The highest BCUT2D eigenvalue weighted by molar-refractivity contribution is 7.89. The van der Waals surface area contributed by atoms with Crippen molar-refractivity contribution in [3.63, 3.8) is 0 Å². The third-order valence-corrected chi connectivity index (χ3v) is 7.78. The topological polar surface area (TPSA) is 86.8 Å². The average molecular weight is 408 g/mol. The molecule has 28 heavy (non-hydrogen) atoms. The molecule has 2 unspecified atom stereocenters. The van der Waals surface area contributed by atoms with Gasteiger partial charge in [-0.05, 0) is 43.0 Å². The van der Waals surface area contributed by atoms with E-state index in [0.717, 1.165) is 19.3 Å². The summed E-state index contributed by atoms with van der Waals surface area (Å²) in [6.45, 7) is 5.00. The summed E-state index contributed by atoms with van der Waals surface area (Å²) in [4.78, 5) is 25.7. The van der Waals surface area contributed by atoms with Crippen LogP contribution in [0.5, 0.6) is 0 Å². The summed E-state index contributed by atoms with van der Waals surface area (Å²) in [7, 11) is -3.63. The lowest BCUT2D eigenvalue weighted by atomic mass is 9.86. The van der Waals surface area contributed by atoms with Crippen LogP contribution in [0.15, 0.2) is 29.2 Å². The number of sulfonamides is 1. The molecule has 2 atom stereocenters. The van der Waals surface area contributed by atoms with Crippen molar-refractivity contribution in [2.75, 3.05) is 26.2 Å². The Morgan fingerprint density at radius 1 is 1.00 bits per heavy atom. The molecule has 1 N–H and O–H groups in total. The number of nitrogens with zero attached hydrogens (tertiary/aromatic N) is 2. The van der Waals surface area contributed by atoms with E-state index >= 15 is 0 Å². The van der Waals surface area contributed by atoms with E-state index in [9.17, 15) is 18.0 Å². The number of piperazine rings is 1. The molecule has 0 radical (unpaired) electrons. The highest BCUT2D eigenvalue weighted by atomic mass is 32.2. The van der Waals surface area contributed by atoms with Gasteiger partial charge in [-0.3, -0.25) is 9.59 Å². The van der Waals surface area contributed by atoms with Crippen LogP contribution in [0.4, 0.5) is 0 Å². The van der Waals surface area contributed by atoms with Gasteiger partial charge >= 0.3 is 0 Å². The SMILES string of the molecule is CC(=O)N1CCN(S(=O)(=O)c2ccc(C(=O)NC3CCCCC3C)cc2)CC1. The van der Waals surface area contributed by atoms with Crippen molar-refractivity contribution in [2.24, 2.45) is 5.92 Å². The van der Waals surface area contributed by atoms with E-state index in [1.54, 1.807) is 17.0 Å². The molecule has 2 fully saturated rings. The summed E-state index contributed by atoms with van der Waals surface area (Å²) in [6, 6.07) is 6.31. The van der Waals surface area contributed by atoms with E-state index < -0.39 is 10.0 Å². The number of benzene rings is 1. The molecule has 1 heterocycles. The van der Waals surface area contributed by atoms with Gasteiger partial charge in [0.2, 0.25) is 15.9 Å². The van der Waals surface area contributed by atoms with Crippen molar-refractivity contribution in [3.05, 3.63) is 29.8 Å². The van der Waals surface area contributed by atoms with Crippen molar-refractivity contribution < 1.29 is 18.0 Å². The molecule has 8 heteroatoms. The second-order valence-electron chi connectivity index (χ2n) is 7.78. The second kappa shape index (κ2) is 8.61. The lowest BCUT2D eigenvalue weighted by molar-refractivity contribution is -0.129. The standard InChI is InChI=1S/C20H29N3O4S/c1-15-5-3-4-6-19(15)21-20(25)17-7-9-18(10-8-17)28(26,27)23-13-11-22(12-14-23)16(2)24/h7-10,15,19H,3-6,11-14H2,1-2H3,(H,21,25). The predicted molar refractivity (Wildman–Crippen MR) is 106 cm³/mol. The van der Waals surface area contributed by atoms with Crippen LogP contribution in [-0.2, 0) is 14.8 Å². The number of carbonyl (C=O) groups excluding carboxylic acids is 2. The van der Waals surface area contributed by atoms with Gasteiger partial charge in [-0.1, -0.05) is 19.8 Å². The number of hydrogen-bond donors (Lipinski definition) is 1. The third-order valence-electron chi connectivity index (χ3n) is 5.87. The molecule has 1 aliphatic heterocycles. The lowest BCUT2D eigenvalue weighted by Crippen LogP contribution is -2.49. The van der Waals surface area contributed by atoms with E-state index in [-0.39, 0.29) is 35.8 Å². The minimum absolute atomic E-state index is 0.0419. The average Bonchev–Trinajstić information content (AvgIpc) is 2.70. The Labute approximate surface area is 167 Å². The molecule has 1 saturated carbocycles. The maximum atomic E-state index is 12.8. The van der Waals surface area contributed by atoms with Crippen molar-refractivity contribution in [2.45, 2.75) is 50.5 Å². The van der Waals surface area contributed by atoms with Gasteiger partial charge in [0.1, 0.15) is 0 Å². The molecule has 0 aromatic heterocycles. The van der Waals surface area contributed by atoms with Crippen molar-refractivity contribution in [1.29, 1.82) is 0 Å². The highest BCUT2D eigenvalue weighted by Crippen LogP contribution is 2.24. The number of amides is 2. The smallest absolute Gasteiger partial charge is 0.251 e. The van der Waals surface area contributed by atoms with E-state index in [1.807, 2.05) is 0 Å². The minimum Gasteiger partial charge on any atom is -0.349 e. The fourth-order valence-corrected chi connectivity index (χ4v) is 5.38. The van der Waals surface area contributed by atoms with Gasteiger partial charge in [0.25, 0.3) is 5.91 Å². The maximum Gasteiger partial charge on any atom is 0.251 e. The predicted octanol–water partition coefficient (Wildman–Crippen LogP) is 1.85. The zero-order valence-electron chi connectivity index (χ0n) is 16.6. The first-order valence-corrected chi connectivity index (χ1v) is 11.4. The Morgan fingerprint density at radius 3 is 2.18 bits per heavy atom. The molecule has 1 saturated heterocycles.